The highest BCUT2D eigenvalue weighted by atomic mass is 35.5. The molecule has 1 fully saturated rings. The Bertz CT molecular complexity index is 1290. The van der Waals surface area contributed by atoms with Crippen molar-refractivity contribution in [2.75, 3.05) is 24.6 Å². The third-order valence-corrected chi connectivity index (χ3v) is 7.07. The van der Waals surface area contributed by atoms with Gasteiger partial charge in [0, 0.05) is 37.0 Å². The van der Waals surface area contributed by atoms with Gasteiger partial charge in [0.25, 0.3) is 5.56 Å². The van der Waals surface area contributed by atoms with Crippen molar-refractivity contribution in [2.24, 2.45) is 0 Å². The van der Waals surface area contributed by atoms with E-state index in [1.165, 1.54) is 11.3 Å². The molecule has 1 amide bonds. The lowest BCUT2D eigenvalue weighted by Gasteiger charge is -2.17. The maximum absolute atomic E-state index is 12.9. The third kappa shape index (κ3) is 5.82. The van der Waals surface area contributed by atoms with Gasteiger partial charge in [-0.25, -0.2) is 4.79 Å². The van der Waals surface area contributed by atoms with Gasteiger partial charge in [-0.15, -0.1) is 11.3 Å². The lowest BCUT2D eigenvalue weighted by molar-refractivity contribution is 0.0943. The fourth-order valence-electron chi connectivity index (χ4n) is 4.01. The van der Waals surface area contributed by atoms with Crippen molar-refractivity contribution in [1.82, 2.24) is 9.88 Å². The number of rotatable bonds is 10. The average Bonchev–Trinajstić information content (AvgIpc) is 3.44. The van der Waals surface area contributed by atoms with Crippen LogP contribution in [0, 0.1) is 6.92 Å². The molecule has 184 valence electrons. The van der Waals surface area contributed by atoms with E-state index in [9.17, 15) is 14.4 Å². The van der Waals surface area contributed by atoms with Crippen molar-refractivity contribution in [1.29, 1.82) is 0 Å². The normalized spacial score (nSPS) is 15.5. The molecule has 2 aromatic heterocycles. The summed E-state index contributed by atoms with van der Waals surface area (Å²) in [6.45, 7) is 3.00. The van der Waals surface area contributed by atoms with Crippen LogP contribution in [-0.4, -0.2) is 47.4 Å². The molecule has 1 atom stereocenters. The quantitative estimate of drug-likeness (QED) is 0.313. The fourth-order valence-corrected chi connectivity index (χ4v) is 5.02. The Balaban J connectivity index is 1.44. The molecular weight excluding hydrogens is 490 g/mol. The smallest absolute Gasteiger partial charge is 0.414 e. The number of hydrogen-bond donors (Lipinski definition) is 2. The summed E-state index contributed by atoms with van der Waals surface area (Å²) in [6.07, 6.45) is 1.57. The van der Waals surface area contributed by atoms with Crippen molar-refractivity contribution in [3.63, 3.8) is 0 Å². The van der Waals surface area contributed by atoms with E-state index in [-0.39, 0.29) is 30.5 Å². The van der Waals surface area contributed by atoms with E-state index in [4.69, 9.17) is 21.4 Å². The molecular formula is C25H26ClN3O5S. The number of amides is 1. The number of anilines is 1. The molecule has 0 radical (unpaired) electrons. The molecule has 1 saturated heterocycles. The van der Waals surface area contributed by atoms with Crippen molar-refractivity contribution in [2.45, 2.75) is 32.4 Å². The van der Waals surface area contributed by atoms with Gasteiger partial charge in [0.15, 0.2) is 5.78 Å². The summed E-state index contributed by atoms with van der Waals surface area (Å²) in [5, 5.41) is 12.0. The number of benzene rings is 1. The molecule has 3 heterocycles. The molecule has 4 rings (SSSR count). The number of pyridine rings is 1. The van der Waals surface area contributed by atoms with Crippen LogP contribution in [-0.2, 0) is 11.3 Å². The lowest BCUT2D eigenvalue weighted by Crippen LogP contribution is -2.27. The number of Topliss-reactive ketones (excluding diaryl/α,β-unsaturated/α-hetero) is 1. The minimum absolute atomic E-state index is 0.00119. The third-order valence-electron chi connectivity index (χ3n) is 5.80. The van der Waals surface area contributed by atoms with Gasteiger partial charge in [0.2, 0.25) is 0 Å². The summed E-state index contributed by atoms with van der Waals surface area (Å²) >= 11 is 7.15. The Hall–Kier alpha value is -2.98. The van der Waals surface area contributed by atoms with Crippen LogP contribution in [0.15, 0.2) is 53.5 Å². The number of ketones is 1. The summed E-state index contributed by atoms with van der Waals surface area (Å²) in [7, 11) is 0. The standard InChI is InChI=1S/C25H26ClN3O5S/c1-16-13-18(4-6-20(16)28-11-2-3-17(24(28)32)14-27-10-12-30)29-15-19(34-25(29)33)5-7-21(31)22-8-9-23(26)35-22/h2-4,6,8-9,11,13,19,27,30H,5,7,10,12,14-15H2,1H3/t19-/m0/s1. The molecule has 2 N–H and O–H groups in total. The zero-order chi connectivity index (χ0) is 24.9. The summed E-state index contributed by atoms with van der Waals surface area (Å²) in [5.74, 6) is -0.0178. The number of thiophene rings is 1. The second-order valence-corrected chi connectivity index (χ2v) is 9.98. The van der Waals surface area contributed by atoms with Crippen molar-refractivity contribution in [3.05, 3.63) is 79.4 Å². The van der Waals surface area contributed by atoms with Crippen molar-refractivity contribution in [3.8, 4) is 5.69 Å². The van der Waals surface area contributed by atoms with Crippen LogP contribution in [0.2, 0.25) is 4.34 Å². The highest BCUT2D eigenvalue weighted by molar-refractivity contribution is 7.18. The first-order valence-electron chi connectivity index (χ1n) is 11.3. The Morgan fingerprint density at radius 2 is 2.09 bits per heavy atom. The Labute approximate surface area is 211 Å². The molecule has 0 saturated carbocycles. The van der Waals surface area contributed by atoms with Crippen LogP contribution >= 0.6 is 22.9 Å². The van der Waals surface area contributed by atoms with Crippen molar-refractivity contribution >= 4 is 40.5 Å². The number of hydrogen-bond acceptors (Lipinski definition) is 7. The van der Waals surface area contributed by atoms with Gasteiger partial charge < -0.3 is 15.2 Å². The molecule has 1 aliphatic heterocycles. The molecule has 35 heavy (non-hydrogen) atoms. The van der Waals surface area contributed by atoms with E-state index in [1.807, 2.05) is 19.1 Å². The van der Waals surface area contributed by atoms with Gasteiger partial charge in [-0.1, -0.05) is 17.7 Å². The molecule has 1 aliphatic rings. The predicted octanol–water partition coefficient (Wildman–Crippen LogP) is 3.93. The number of carbonyl (C=O) groups excluding carboxylic acids is 2. The van der Waals surface area contributed by atoms with Crippen LogP contribution in [0.5, 0.6) is 0 Å². The van der Waals surface area contributed by atoms with Gasteiger partial charge in [-0.05, 0) is 55.3 Å². The minimum atomic E-state index is -0.456. The highest BCUT2D eigenvalue weighted by Gasteiger charge is 2.33. The van der Waals surface area contributed by atoms with Crippen LogP contribution in [0.1, 0.15) is 33.6 Å². The van der Waals surface area contributed by atoms with E-state index in [0.717, 1.165) is 5.56 Å². The summed E-state index contributed by atoms with van der Waals surface area (Å²) in [4.78, 5) is 39.9. The van der Waals surface area contributed by atoms with E-state index in [2.05, 4.69) is 5.32 Å². The first-order chi connectivity index (χ1) is 16.9. The van der Waals surface area contributed by atoms with Crippen LogP contribution in [0.3, 0.4) is 0 Å². The number of nitrogens with one attached hydrogen (secondary N) is 1. The lowest BCUT2D eigenvalue weighted by atomic mass is 10.1. The van der Waals surface area contributed by atoms with Crippen LogP contribution < -0.4 is 15.8 Å². The SMILES string of the molecule is Cc1cc(N2C[C@H](CCC(=O)c3ccc(Cl)s3)OC2=O)ccc1-n1cccc(CNCCO)c1=O. The van der Waals surface area contributed by atoms with Crippen molar-refractivity contribution < 1.29 is 19.4 Å². The number of halogens is 1. The number of aliphatic hydroxyl groups excluding tert-OH is 1. The number of aromatic nitrogens is 1. The Morgan fingerprint density at radius 3 is 2.80 bits per heavy atom. The molecule has 8 nitrogen and oxygen atoms in total. The van der Waals surface area contributed by atoms with Gasteiger partial charge in [-0.2, -0.15) is 0 Å². The first kappa shape index (κ1) is 25.1. The second kappa shape index (κ2) is 11.2. The predicted molar refractivity (Wildman–Crippen MR) is 136 cm³/mol. The van der Waals surface area contributed by atoms with Gasteiger partial charge in [0.1, 0.15) is 6.10 Å². The van der Waals surface area contributed by atoms with Gasteiger partial charge in [-0.3, -0.25) is 19.1 Å². The summed E-state index contributed by atoms with van der Waals surface area (Å²) < 4.78 is 7.63. The summed E-state index contributed by atoms with van der Waals surface area (Å²) in [5.41, 5.74) is 2.66. The highest BCUT2D eigenvalue weighted by Crippen LogP contribution is 2.28. The van der Waals surface area contributed by atoms with Crippen LogP contribution in [0.25, 0.3) is 5.69 Å². The number of carbonyl (C=O) groups is 2. The first-order valence-corrected chi connectivity index (χ1v) is 12.5. The molecule has 0 unspecified atom stereocenters. The number of cyclic esters (lactones) is 1. The maximum Gasteiger partial charge on any atom is 0.414 e. The van der Waals surface area contributed by atoms with E-state index in [1.54, 1.807) is 46.0 Å². The average molecular weight is 516 g/mol. The van der Waals surface area contributed by atoms with Gasteiger partial charge in [0.05, 0.1) is 28.1 Å². The molecule has 0 bridgehead atoms. The number of ether oxygens (including phenoxy) is 1. The van der Waals surface area contributed by atoms with E-state index >= 15 is 0 Å². The van der Waals surface area contributed by atoms with E-state index < -0.39 is 6.09 Å². The molecule has 0 spiro atoms. The Morgan fingerprint density at radius 1 is 1.26 bits per heavy atom. The molecule has 1 aromatic carbocycles. The zero-order valence-electron chi connectivity index (χ0n) is 19.2. The number of aryl methyl sites for hydroxylation is 1. The molecule has 3 aromatic rings. The maximum atomic E-state index is 12.9. The van der Waals surface area contributed by atoms with Gasteiger partial charge >= 0.3 is 6.09 Å². The zero-order valence-corrected chi connectivity index (χ0v) is 20.8. The second-order valence-electron chi connectivity index (χ2n) is 8.26. The largest absolute Gasteiger partial charge is 0.444 e. The minimum Gasteiger partial charge on any atom is -0.444 e. The monoisotopic (exact) mass is 515 g/mol. The molecule has 0 aliphatic carbocycles. The van der Waals surface area contributed by atoms with E-state index in [0.29, 0.717) is 52.2 Å². The molecule has 10 heteroatoms. The number of aliphatic hydroxyl groups is 1. The van der Waals surface area contributed by atoms with Crippen LogP contribution in [0.4, 0.5) is 10.5 Å². The number of nitrogens with zero attached hydrogens (tertiary/aromatic N) is 2. The fraction of sp³-hybridized carbons (Fsp3) is 0.320. The summed E-state index contributed by atoms with van der Waals surface area (Å²) in [6, 6.07) is 12.4. The Kier molecular flexibility index (Phi) is 8.02. The topological polar surface area (TPSA) is 101 Å².